The fourth-order valence-electron chi connectivity index (χ4n) is 1.82. The Labute approximate surface area is 107 Å². The van der Waals surface area contributed by atoms with Crippen molar-refractivity contribution >= 4 is 12.0 Å². The Morgan fingerprint density at radius 3 is 2.56 bits per heavy atom. The van der Waals surface area contributed by atoms with E-state index in [1.807, 2.05) is 13.8 Å². The Morgan fingerprint density at radius 2 is 2.06 bits per heavy atom. The second-order valence-corrected chi connectivity index (χ2v) is 4.65. The van der Waals surface area contributed by atoms with E-state index in [0.717, 1.165) is 6.42 Å². The molecule has 1 rings (SSSR count). The molecule has 0 aromatic carbocycles. The van der Waals surface area contributed by atoms with Crippen molar-refractivity contribution in [3.8, 4) is 0 Å². The predicted octanol–water partition coefficient (Wildman–Crippen LogP) is 1.06. The number of carboxylic acid groups (broad SMARTS) is 1. The van der Waals surface area contributed by atoms with E-state index in [1.165, 1.54) is 0 Å². The number of amides is 2. The van der Waals surface area contributed by atoms with E-state index in [9.17, 15) is 9.59 Å². The fourth-order valence-corrected chi connectivity index (χ4v) is 1.82. The normalized spacial score (nSPS) is 18.4. The van der Waals surface area contributed by atoms with Crippen LogP contribution in [0.3, 0.4) is 0 Å². The van der Waals surface area contributed by atoms with Gasteiger partial charge in [0, 0.05) is 19.1 Å². The fraction of sp³-hybridized carbons (Fsp3) is 0.833. The molecule has 1 aliphatic heterocycles. The Balaban J connectivity index is 2.26. The molecule has 6 heteroatoms. The van der Waals surface area contributed by atoms with Crippen LogP contribution in [0.1, 0.15) is 33.1 Å². The Bertz CT molecular complexity index is 288. The lowest BCUT2D eigenvalue weighted by atomic mass is 10.1. The summed E-state index contributed by atoms with van der Waals surface area (Å²) in [7, 11) is 0. The Hall–Kier alpha value is -1.30. The van der Waals surface area contributed by atoms with Gasteiger partial charge < -0.3 is 20.1 Å². The van der Waals surface area contributed by atoms with Crippen LogP contribution in [0.15, 0.2) is 0 Å². The number of carbonyl (C=O) groups excluding carboxylic acids is 1. The van der Waals surface area contributed by atoms with E-state index >= 15 is 0 Å². The highest BCUT2D eigenvalue weighted by atomic mass is 16.5. The Kier molecular flexibility index (Phi) is 5.91. The molecule has 0 aliphatic carbocycles. The number of hydrogen-bond donors (Lipinski definition) is 2. The van der Waals surface area contributed by atoms with Crippen LogP contribution in [0, 0.1) is 0 Å². The van der Waals surface area contributed by atoms with Gasteiger partial charge >= 0.3 is 12.0 Å². The summed E-state index contributed by atoms with van der Waals surface area (Å²) >= 11 is 0. The first kappa shape index (κ1) is 14.8. The summed E-state index contributed by atoms with van der Waals surface area (Å²) in [4.78, 5) is 23.9. The van der Waals surface area contributed by atoms with Gasteiger partial charge in [-0.15, -0.1) is 0 Å². The van der Waals surface area contributed by atoms with E-state index in [-0.39, 0.29) is 24.8 Å². The zero-order valence-electron chi connectivity index (χ0n) is 11.0. The van der Waals surface area contributed by atoms with Crippen LogP contribution in [0.5, 0.6) is 0 Å². The molecule has 0 saturated carbocycles. The van der Waals surface area contributed by atoms with Gasteiger partial charge in [-0.25, -0.2) is 9.59 Å². The van der Waals surface area contributed by atoms with Crippen molar-refractivity contribution in [1.82, 2.24) is 10.2 Å². The molecule has 104 valence electrons. The third kappa shape index (κ3) is 4.91. The molecule has 6 nitrogen and oxygen atoms in total. The standard InChI is InChI=1S/C12H22N2O4/c1-3-9(2)13-12(17)14-6-4-10(5-7-14)18-8-11(15)16/h9-10H,3-8H2,1-2H3,(H,13,17)(H,15,16). The number of likely N-dealkylation sites (tertiary alicyclic amines) is 1. The van der Waals surface area contributed by atoms with Gasteiger partial charge in [0.05, 0.1) is 6.10 Å². The van der Waals surface area contributed by atoms with Gasteiger partial charge in [-0.05, 0) is 26.2 Å². The van der Waals surface area contributed by atoms with E-state index in [2.05, 4.69) is 5.32 Å². The van der Waals surface area contributed by atoms with Gasteiger partial charge in [0.2, 0.25) is 0 Å². The number of carboxylic acids is 1. The first-order valence-corrected chi connectivity index (χ1v) is 6.41. The lowest BCUT2D eigenvalue weighted by molar-refractivity contribution is -0.145. The largest absolute Gasteiger partial charge is 0.480 e. The minimum atomic E-state index is -0.952. The van der Waals surface area contributed by atoms with Crippen molar-refractivity contribution in [2.45, 2.75) is 45.3 Å². The predicted molar refractivity (Wildman–Crippen MR) is 66.5 cm³/mol. The molecule has 0 aromatic rings. The molecular weight excluding hydrogens is 236 g/mol. The number of rotatable bonds is 5. The summed E-state index contributed by atoms with van der Waals surface area (Å²) < 4.78 is 5.22. The summed E-state index contributed by atoms with van der Waals surface area (Å²) in [5.41, 5.74) is 0. The minimum absolute atomic E-state index is 0.0407. The maximum absolute atomic E-state index is 11.8. The van der Waals surface area contributed by atoms with E-state index in [0.29, 0.717) is 25.9 Å². The number of aliphatic carboxylic acids is 1. The van der Waals surface area contributed by atoms with E-state index in [1.54, 1.807) is 4.90 Å². The second-order valence-electron chi connectivity index (χ2n) is 4.65. The number of nitrogens with zero attached hydrogens (tertiary/aromatic N) is 1. The maximum atomic E-state index is 11.8. The second kappa shape index (κ2) is 7.20. The van der Waals surface area contributed by atoms with Gasteiger partial charge in [-0.2, -0.15) is 0 Å². The van der Waals surface area contributed by atoms with Crippen LogP contribution < -0.4 is 5.32 Å². The minimum Gasteiger partial charge on any atom is -0.480 e. The summed E-state index contributed by atoms with van der Waals surface area (Å²) in [6, 6.07) is 0.138. The highest BCUT2D eigenvalue weighted by Gasteiger charge is 2.24. The van der Waals surface area contributed by atoms with Crippen molar-refractivity contribution in [3.05, 3.63) is 0 Å². The quantitative estimate of drug-likeness (QED) is 0.773. The molecule has 1 heterocycles. The molecule has 1 atom stereocenters. The molecule has 2 amide bonds. The number of piperidine rings is 1. The van der Waals surface area contributed by atoms with E-state index < -0.39 is 5.97 Å². The first-order valence-electron chi connectivity index (χ1n) is 6.41. The van der Waals surface area contributed by atoms with Crippen molar-refractivity contribution in [1.29, 1.82) is 0 Å². The van der Waals surface area contributed by atoms with Crippen LogP contribution in [-0.2, 0) is 9.53 Å². The topological polar surface area (TPSA) is 78.9 Å². The number of carbonyl (C=O) groups is 2. The lowest BCUT2D eigenvalue weighted by Gasteiger charge is -2.32. The Morgan fingerprint density at radius 1 is 1.44 bits per heavy atom. The zero-order valence-corrected chi connectivity index (χ0v) is 11.0. The van der Waals surface area contributed by atoms with Gasteiger partial charge in [-0.1, -0.05) is 6.92 Å². The molecular formula is C12H22N2O4. The van der Waals surface area contributed by atoms with Gasteiger partial charge in [0.25, 0.3) is 0 Å². The molecule has 1 fully saturated rings. The van der Waals surface area contributed by atoms with Crippen LogP contribution >= 0.6 is 0 Å². The molecule has 1 unspecified atom stereocenters. The number of urea groups is 1. The highest BCUT2D eigenvalue weighted by Crippen LogP contribution is 2.13. The number of nitrogens with one attached hydrogen (secondary N) is 1. The molecule has 1 aliphatic rings. The third-order valence-corrected chi connectivity index (χ3v) is 3.15. The summed E-state index contributed by atoms with van der Waals surface area (Å²) in [6.45, 7) is 4.97. The summed E-state index contributed by atoms with van der Waals surface area (Å²) in [6.07, 6.45) is 2.25. The van der Waals surface area contributed by atoms with Crippen LogP contribution in [-0.4, -0.2) is 53.8 Å². The highest BCUT2D eigenvalue weighted by molar-refractivity contribution is 5.74. The lowest BCUT2D eigenvalue weighted by Crippen LogP contribution is -2.48. The maximum Gasteiger partial charge on any atom is 0.329 e. The zero-order chi connectivity index (χ0) is 13.5. The number of hydrogen-bond acceptors (Lipinski definition) is 3. The van der Waals surface area contributed by atoms with Crippen LogP contribution in [0.4, 0.5) is 4.79 Å². The molecule has 18 heavy (non-hydrogen) atoms. The van der Waals surface area contributed by atoms with Crippen molar-refractivity contribution in [2.75, 3.05) is 19.7 Å². The monoisotopic (exact) mass is 258 g/mol. The van der Waals surface area contributed by atoms with Gasteiger partial charge in [0.15, 0.2) is 0 Å². The summed E-state index contributed by atoms with van der Waals surface area (Å²) in [5, 5.41) is 11.4. The summed E-state index contributed by atoms with van der Waals surface area (Å²) in [5.74, 6) is -0.952. The van der Waals surface area contributed by atoms with Crippen molar-refractivity contribution in [3.63, 3.8) is 0 Å². The molecule has 0 spiro atoms. The SMILES string of the molecule is CCC(C)NC(=O)N1CCC(OCC(=O)O)CC1. The van der Waals surface area contributed by atoms with Crippen LogP contribution in [0.25, 0.3) is 0 Å². The molecule has 0 aromatic heterocycles. The van der Waals surface area contributed by atoms with Gasteiger partial charge in [-0.3, -0.25) is 0 Å². The molecule has 2 N–H and O–H groups in total. The molecule has 1 saturated heterocycles. The number of ether oxygens (including phenoxy) is 1. The van der Waals surface area contributed by atoms with Crippen molar-refractivity contribution < 1.29 is 19.4 Å². The average molecular weight is 258 g/mol. The molecule has 0 bridgehead atoms. The van der Waals surface area contributed by atoms with Gasteiger partial charge in [0.1, 0.15) is 6.61 Å². The molecule has 0 radical (unpaired) electrons. The first-order chi connectivity index (χ1) is 8.52. The average Bonchev–Trinajstić information content (AvgIpc) is 2.36. The van der Waals surface area contributed by atoms with Crippen molar-refractivity contribution in [2.24, 2.45) is 0 Å². The van der Waals surface area contributed by atoms with Crippen LogP contribution in [0.2, 0.25) is 0 Å². The third-order valence-electron chi connectivity index (χ3n) is 3.15. The smallest absolute Gasteiger partial charge is 0.329 e. The van der Waals surface area contributed by atoms with E-state index in [4.69, 9.17) is 9.84 Å².